The highest BCUT2D eigenvalue weighted by atomic mass is 32.2. The van der Waals surface area contributed by atoms with Gasteiger partial charge in [-0.1, -0.05) is 6.07 Å². The zero-order valence-electron chi connectivity index (χ0n) is 16.3. The molecule has 0 bridgehead atoms. The van der Waals surface area contributed by atoms with Gasteiger partial charge in [0.05, 0.1) is 11.8 Å². The Kier molecular flexibility index (Phi) is 5.69. The summed E-state index contributed by atoms with van der Waals surface area (Å²) in [6.45, 7) is 1.31. The Morgan fingerprint density at radius 3 is 2.36 bits per heavy atom. The number of aryl methyl sites for hydroxylation is 3. The number of amides is 1. The monoisotopic (exact) mass is 400 g/mol. The molecule has 1 aromatic carbocycles. The second-order valence-corrected chi connectivity index (χ2v) is 8.71. The largest absolute Gasteiger partial charge is 0.453 e. The number of hydrogen-bond donors (Lipinski definition) is 3. The van der Waals surface area contributed by atoms with Crippen molar-refractivity contribution in [3.63, 3.8) is 0 Å². The molecule has 1 amide bonds. The van der Waals surface area contributed by atoms with Crippen molar-refractivity contribution in [1.29, 1.82) is 0 Å². The van der Waals surface area contributed by atoms with E-state index >= 15 is 0 Å². The first-order chi connectivity index (χ1) is 13.5. The van der Waals surface area contributed by atoms with Gasteiger partial charge < -0.3 is 20.0 Å². The number of benzene rings is 1. The smallest absolute Gasteiger partial charge is 0.214 e. The number of nitrogens with two attached hydrogens (primary N) is 1. The lowest BCUT2D eigenvalue weighted by Crippen LogP contribution is -2.05. The Labute approximate surface area is 170 Å². The molecule has 0 saturated carbocycles. The van der Waals surface area contributed by atoms with Crippen LogP contribution in [0.4, 0.5) is 5.69 Å². The maximum atomic E-state index is 10.1. The first kappa shape index (κ1) is 19.4. The first-order valence-corrected chi connectivity index (χ1v) is 11.0. The van der Waals surface area contributed by atoms with Crippen LogP contribution in [0.1, 0.15) is 72.3 Å². The Bertz CT molecular complexity index is 854. The molecule has 1 aromatic heterocycles. The predicted octanol–water partition coefficient (Wildman–Crippen LogP) is 4.24. The van der Waals surface area contributed by atoms with Gasteiger partial charge >= 0.3 is 0 Å². The number of aliphatic hydroxyl groups excluding tert-OH is 1. The molecule has 6 heteroatoms. The van der Waals surface area contributed by atoms with E-state index in [1.165, 1.54) is 62.3 Å². The molecule has 0 saturated heterocycles. The van der Waals surface area contributed by atoms with E-state index in [1.807, 2.05) is 6.07 Å². The average Bonchev–Trinajstić information content (AvgIpc) is 3.37. The van der Waals surface area contributed by atoms with Gasteiger partial charge in [-0.05, 0) is 79.7 Å². The second kappa shape index (κ2) is 8.21. The summed E-state index contributed by atoms with van der Waals surface area (Å²) in [6.07, 6.45) is 9.85. The van der Waals surface area contributed by atoms with Gasteiger partial charge in [0.1, 0.15) is 5.76 Å². The quantitative estimate of drug-likeness (QED) is 0.671. The fraction of sp³-hybridized carbons (Fsp3) is 0.500. The minimum Gasteiger partial charge on any atom is -0.453 e. The molecule has 0 aliphatic heterocycles. The molecular weight excluding hydrogens is 372 g/mol. The lowest BCUT2D eigenvalue weighted by atomic mass is 9.96. The number of primary amides is 1. The second-order valence-electron chi connectivity index (χ2n) is 7.90. The van der Waals surface area contributed by atoms with Gasteiger partial charge in [0.25, 0.3) is 0 Å². The van der Waals surface area contributed by atoms with Crippen LogP contribution in [0.2, 0.25) is 0 Å². The maximum absolute atomic E-state index is 10.1. The molecule has 1 unspecified atom stereocenters. The molecular formula is C22H28N2O3S. The molecule has 3 aliphatic carbocycles. The summed E-state index contributed by atoms with van der Waals surface area (Å²) < 4.78 is 9.60. The van der Waals surface area contributed by atoms with Crippen molar-refractivity contribution >= 4 is 23.5 Å². The van der Waals surface area contributed by atoms with E-state index in [0.29, 0.717) is 0 Å². The fourth-order valence-electron chi connectivity index (χ4n) is 4.60. The maximum Gasteiger partial charge on any atom is 0.214 e. The summed E-state index contributed by atoms with van der Waals surface area (Å²) in [5.74, 6) is 0.640. The molecule has 150 valence electrons. The Hall–Kier alpha value is -1.92. The minimum absolute atomic E-state index is 0.333. The van der Waals surface area contributed by atoms with Crippen LogP contribution >= 0.6 is 11.9 Å². The van der Waals surface area contributed by atoms with Crippen LogP contribution < -0.4 is 10.5 Å². The number of carbonyl (C=O) groups excluding carboxylic acids is 1. The SMILES string of the molecule is CC(N)=O.OC1CCCc2oc(SNc3c4c(cc5c3CCC5)CCC4)cc21. The number of rotatable bonds is 3. The lowest BCUT2D eigenvalue weighted by Gasteiger charge is -2.15. The molecule has 0 fully saturated rings. The minimum atomic E-state index is -0.350. The molecule has 0 radical (unpaired) electrons. The summed E-state index contributed by atoms with van der Waals surface area (Å²) in [5.41, 5.74) is 13.0. The number of carbonyl (C=O) groups is 1. The summed E-state index contributed by atoms with van der Waals surface area (Å²) in [7, 11) is 0. The van der Waals surface area contributed by atoms with E-state index in [2.05, 4.69) is 16.5 Å². The van der Waals surface area contributed by atoms with Crippen molar-refractivity contribution in [2.24, 2.45) is 5.73 Å². The number of nitrogens with one attached hydrogen (secondary N) is 1. The number of fused-ring (bicyclic) bond motifs is 3. The van der Waals surface area contributed by atoms with Crippen LogP contribution in [0.5, 0.6) is 0 Å². The summed E-state index contributed by atoms with van der Waals surface area (Å²) in [5, 5.41) is 11.0. The normalized spacial score (nSPS) is 19.3. The number of aliphatic hydroxyl groups is 1. The number of hydrogen-bond acceptors (Lipinski definition) is 5. The topological polar surface area (TPSA) is 88.5 Å². The van der Waals surface area contributed by atoms with Gasteiger partial charge in [-0.25, -0.2) is 0 Å². The zero-order valence-corrected chi connectivity index (χ0v) is 17.2. The van der Waals surface area contributed by atoms with E-state index in [4.69, 9.17) is 4.42 Å². The van der Waals surface area contributed by atoms with Crippen molar-refractivity contribution in [2.45, 2.75) is 75.9 Å². The molecule has 3 aliphatic rings. The Morgan fingerprint density at radius 1 is 1.11 bits per heavy atom. The van der Waals surface area contributed by atoms with Gasteiger partial charge in [0.2, 0.25) is 5.91 Å². The molecule has 1 heterocycles. The third-order valence-electron chi connectivity index (χ3n) is 5.79. The molecule has 5 rings (SSSR count). The van der Waals surface area contributed by atoms with Gasteiger partial charge in [0.15, 0.2) is 5.09 Å². The van der Waals surface area contributed by atoms with Gasteiger partial charge in [0, 0.05) is 30.9 Å². The van der Waals surface area contributed by atoms with Crippen LogP contribution in [0.3, 0.4) is 0 Å². The number of anilines is 1. The van der Waals surface area contributed by atoms with E-state index in [1.54, 1.807) is 23.1 Å². The van der Waals surface area contributed by atoms with Crippen molar-refractivity contribution in [3.8, 4) is 0 Å². The van der Waals surface area contributed by atoms with Crippen molar-refractivity contribution in [2.75, 3.05) is 4.72 Å². The molecule has 2 aromatic rings. The molecule has 5 nitrogen and oxygen atoms in total. The molecule has 4 N–H and O–H groups in total. The van der Waals surface area contributed by atoms with E-state index in [9.17, 15) is 9.90 Å². The van der Waals surface area contributed by atoms with Crippen molar-refractivity contribution < 1.29 is 14.3 Å². The third-order valence-corrected chi connectivity index (χ3v) is 6.49. The highest BCUT2D eigenvalue weighted by Gasteiger charge is 2.26. The van der Waals surface area contributed by atoms with Crippen LogP contribution in [0.25, 0.3) is 0 Å². The van der Waals surface area contributed by atoms with Crippen molar-refractivity contribution in [3.05, 3.63) is 45.7 Å². The average molecular weight is 401 g/mol. The van der Waals surface area contributed by atoms with E-state index in [-0.39, 0.29) is 12.0 Å². The van der Waals surface area contributed by atoms with Crippen LogP contribution in [-0.2, 0) is 36.9 Å². The standard InChI is InChI=1S/C20H23NO2S.C2H5NO/c22-17-8-3-9-18-16(17)11-19(23-18)24-21-20-14-6-1-4-12(14)10-13-5-2-7-15(13)20;1-2(3)4/h10-11,17,21-22H,1-9H2;1H3,(H2,3,4). The van der Waals surface area contributed by atoms with Gasteiger partial charge in [-0.2, -0.15) is 0 Å². The summed E-state index contributed by atoms with van der Waals surface area (Å²) in [6, 6.07) is 4.49. The van der Waals surface area contributed by atoms with E-state index < -0.39 is 0 Å². The highest BCUT2D eigenvalue weighted by molar-refractivity contribution is 8.00. The first-order valence-electron chi connectivity index (χ1n) is 10.2. The zero-order chi connectivity index (χ0) is 19.7. The predicted molar refractivity (Wildman–Crippen MR) is 111 cm³/mol. The Morgan fingerprint density at radius 2 is 1.75 bits per heavy atom. The molecule has 0 spiro atoms. The summed E-state index contributed by atoms with van der Waals surface area (Å²) in [4.78, 5) is 9.22. The molecule has 28 heavy (non-hydrogen) atoms. The third kappa shape index (κ3) is 3.94. The van der Waals surface area contributed by atoms with Crippen molar-refractivity contribution in [1.82, 2.24) is 0 Å². The summed E-state index contributed by atoms with van der Waals surface area (Å²) >= 11 is 1.57. The lowest BCUT2D eigenvalue weighted by molar-refractivity contribution is -0.115. The van der Waals surface area contributed by atoms with E-state index in [0.717, 1.165) is 35.7 Å². The van der Waals surface area contributed by atoms with Crippen LogP contribution in [0, 0.1) is 0 Å². The fourth-order valence-corrected chi connectivity index (χ4v) is 5.37. The van der Waals surface area contributed by atoms with Gasteiger partial charge in [-0.3, -0.25) is 4.79 Å². The molecule has 1 atom stereocenters. The highest BCUT2D eigenvalue weighted by Crippen LogP contribution is 2.41. The van der Waals surface area contributed by atoms with Crippen LogP contribution in [0.15, 0.2) is 21.6 Å². The number of furan rings is 1. The van der Waals surface area contributed by atoms with Crippen LogP contribution in [-0.4, -0.2) is 11.0 Å². The van der Waals surface area contributed by atoms with Gasteiger partial charge in [-0.15, -0.1) is 0 Å². The Balaban J connectivity index is 0.000000442.